The second kappa shape index (κ2) is 8.15. The highest BCUT2D eigenvalue weighted by Crippen LogP contribution is 2.35. The van der Waals surface area contributed by atoms with Crippen LogP contribution in [0.1, 0.15) is 33.3 Å². The highest BCUT2D eigenvalue weighted by Gasteiger charge is 2.21. The van der Waals surface area contributed by atoms with Crippen LogP contribution in [0.3, 0.4) is 0 Å². The van der Waals surface area contributed by atoms with Crippen LogP contribution in [-0.4, -0.2) is 47.5 Å². The molecule has 8 heteroatoms. The fourth-order valence-electron chi connectivity index (χ4n) is 2.96. The van der Waals surface area contributed by atoms with E-state index < -0.39 is 18.0 Å². The third-order valence-electron chi connectivity index (χ3n) is 4.24. The third kappa shape index (κ3) is 3.97. The molecular formula is C21H19NO7. The Labute approximate surface area is 166 Å². The van der Waals surface area contributed by atoms with Gasteiger partial charge in [-0.3, -0.25) is 9.78 Å². The monoisotopic (exact) mass is 397 g/mol. The molecule has 1 atom stereocenters. The number of carboxylic acid groups (broad SMARTS) is 1. The number of ketones is 1. The summed E-state index contributed by atoms with van der Waals surface area (Å²) in [7, 11) is 2.88. The molecule has 0 saturated heterocycles. The molecule has 3 rings (SSSR count). The molecule has 1 aromatic heterocycles. The highest BCUT2D eigenvalue weighted by atomic mass is 16.6. The molecule has 150 valence electrons. The maximum absolute atomic E-state index is 13.1. The molecule has 2 N–H and O–H groups in total. The molecule has 2 aromatic carbocycles. The van der Waals surface area contributed by atoms with Crippen LogP contribution in [0.2, 0.25) is 0 Å². The van der Waals surface area contributed by atoms with E-state index in [-0.39, 0.29) is 16.8 Å². The summed E-state index contributed by atoms with van der Waals surface area (Å²) in [6.45, 7) is 1.45. The summed E-state index contributed by atoms with van der Waals surface area (Å²) in [4.78, 5) is 28.9. The molecule has 1 unspecified atom stereocenters. The van der Waals surface area contributed by atoms with E-state index in [0.717, 1.165) is 6.20 Å². The van der Waals surface area contributed by atoms with Crippen molar-refractivity contribution in [2.24, 2.45) is 0 Å². The maximum Gasteiger partial charge on any atom is 0.337 e. The Morgan fingerprint density at radius 3 is 2.28 bits per heavy atom. The lowest BCUT2D eigenvalue weighted by molar-refractivity contribution is -0.000360. The number of ether oxygens (including phenoxy) is 3. The summed E-state index contributed by atoms with van der Waals surface area (Å²) in [6, 6.07) is 9.31. The van der Waals surface area contributed by atoms with Gasteiger partial charge >= 0.3 is 5.97 Å². The normalized spacial score (nSPS) is 11.7. The third-order valence-corrected chi connectivity index (χ3v) is 4.24. The lowest BCUT2D eigenvalue weighted by Crippen LogP contribution is -2.11. The number of fused-ring (bicyclic) bond motifs is 1. The van der Waals surface area contributed by atoms with Gasteiger partial charge in [-0.2, -0.15) is 0 Å². The van der Waals surface area contributed by atoms with Crippen LogP contribution in [0, 0.1) is 0 Å². The van der Waals surface area contributed by atoms with Crippen molar-refractivity contribution in [2.45, 2.75) is 13.2 Å². The van der Waals surface area contributed by atoms with Crippen LogP contribution in [0.25, 0.3) is 10.8 Å². The number of hydrogen-bond donors (Lipinski definition) is 2. The van der Waals surface area contributed by atoms with Gasteiger partial charge in [0, 0.05) is 22.5 Å². The smallest absolute Gasteiger partial charge is 0.337 e. The summed E-state index contributed by atoms with van der Waals surface area (Å²) in [5.74, 6) is -0.628. The first-order chi connectivity index (χ1) is 13.8. The van der Waals surface area contributed by atoms with Gasteiger partial charge in [0.2, 0.25) is 5.78 Å². The number of aliphatic hydroxyl groups excluding tert-OH is 1. The van der Waals surface area contributed by atoms with Crippen molar-refractivity contribution in [3.05, 3.63) is 59.4 Å². The zero-order chi connectivity index (χ0) is 21.1. The predicted octanol–water partition coefficient (Wildman–Crippen LogP) is 2.90. The zero-order valence-corrected chi connectivity index (χ0v) is 16.0. The number of aromatic carboxylic acids is 1. The van der Waals surface area contributed by atoms with Crippen LogP contribution in [0.5, 0.6) is 17.2 Å². The average molecular weight is 397 g/mol. The molecule has 0 aliphatic heterocycles. The van der Waals surface area contributed by atoms with E-state index in [0.29, 0.717) is 28.0 Å². The lowest BCUT2D eigenvalue weighted by atomic mass is 9.99. The van der Waals surface area contributed by atoms with Crippen LogP contribution in [0.15, 0.2) is 42.6 Å². The Hall–Kier alpha value is -3.65. The first-order valence-electron chi connectivity index (χ1n) is 8.63. The van der Waals surface area contributed by atoms with Gasteiger partial charge in [-0.25, -0.2) is 4.79 Å². The minimum atomic E-state index is -1.18. The molecule has 8 nitrogen and oxygen atoms in total. The number of aliphatic hydroxyl groups is 1. The number of aromatic nitrogens is 1. The molecule has 0 saturated carbocycles. The van der Waals surface area contributed by atoms with Gasteiger partial charge in [-0.1, -0.05) is 12.1 Å². The SMILES string of the molecule is COc1cc2c(C(=O)O)cnc(C(=O)c3cccc(OC(C)O)c3)c2cc1OC. The molecule has 0 spiro atoms. The first-order valence-corrected chi connectivity index (χ1v) is 8.63. The molecule has 0 bridgehead atoms. The van der Waals surface area contributed by atoms with E-state index in [2.05, 4.69) is 4.98 Å². The number of nitrogens with zero attached hydrogens (tertiary/aromatic N) is 1. The number of hydrogen-bond acceptors (Lipinski definition) is 7. The number of benzene rings is 2. The van der Waals surface area contributed by atoms with E-state index in [4.69, 9.17) is 14.2 Å². The Bertz CT molecular complexity index is 1090. The fraction of sp³-hybridized carbons (Fsp3) is 0.190. The van der Waals surface area contributed by atoms with Crippen molar-refractivity contribution in [3.63, 3.8) is 0 Å². The number of rotatable bonds is 7. The number of carbonyl (C=O) groups is 2. The molecule has 29 heavy (non-hydrogen) atoms. The van der Waals surface area contributed by atoms with Gasteiger partial charge in [0.15, 0.2) is 17.8 Å². The quantitative estimate of drug-likeness (QED) is 0.462. The summed E-state index contributed by atoms with van der Waals surface area (Å²) < 4.78 is 15.8. The van der Waals surface area contributed by atoms with Crippen LogP contribution >= 0.6 is 0 Å². The van der Waals surface area contributed by atoms with Gasteiger partial charge < -0.3 is 24.4 Å². The van der Waals surface area contributed by atoms with Gasteiger partial charge in [-0.05, 0) is 31.2 Å². The molecule has 0 amide bonds. The van der Waals surface area contributed by atoms with Crippen molar-refractivity contribution in [2.75, 3.05) is 14.2 Å². The Morgan fingerprint density at radius 2 is 1.69 bits per heavy atom. The number of carboxylic acids is 1. The van der Waals surface area contributed by atoms with Gasteiger partial charge in [0.25, 0.3) is 0 Å². The molecule has 3 aromatic rings. The second-order valence-corrected chi connectivity index (χ2v) is 6.15. The maximum atomic E-state index is 13.1. The average Bonchev–Trinajstić information content (AvgIpc) is 2.70. The van der Waals surface area contributed by atoms with Crippen molar-refractivity contribution >= 4 is 22.5 Å². The summed E-state index contributed by atoms with van der Waals surface area (Å²) in [5, 5.41) is 19.5. The van der Waals surface area contributed by atoms with Gasteiger partial charge in [-0.15, -0.1) is 0 Å². The Kier molecular flexibility index (Phi) is 5.65. The van der Waals surface area contributed by atoms with Crippen molar-refractivity contribution in [1.29, 1.82) is 0 Å². The molecule has 0 aliphatic rings. The Balaban J connectivity index is 2.20. The molecule has 1 heterocycles. The van der Waals surface area contributed by atoms with E-state index >= 15 is 0 Å². The fourth-order valence-corrected chi connectivity index (χ4v) is 2.96. The molecular weight excluding hydrogens is 378 g/mol. The van der Waals surface area contributed by atoms with E-state index in [1.165, 1.54) is 39.3 Å². The summed E-state index contributed by atoms with van der Waals surface area (Å²) in [5.41, 5.74) is 0.263. The van der Waals surface area contributed by atoms with Crippen LogP contribution in [-0.2, 0) is 0 Å². The molecule has 0 aliphatic carbocycles. The summed E-state index contributed by atoms with van der Waals surface area (Å²) >= 11 is 0. The van der Waals surface area contributed by atoms with Crippen LogP contribution < -0.4 is 14.2 Å². The number of carbonyl (C=O) groups excluding carboxylic acids is 1. The molecule has 0 fully saturated rings. The predicted molar refractivity (Wildman–Crippen MR) is 104 cm³/mol. The topological polar surface area (TPSA) is 115 Å². The van der Waals surface area contributed by atoms with E-state index in [1.807, 2.05) is 0 Å². The molecule has 0 radical (unpaired) electrons. The van der Waals surface area contributed by atoms with E-state index in [1.54, 1.807) is 18.2 Å². The standard InChI is InChI=1S/C21H19NO7/c1-11(23)29-13-6-4-5-12(7-13)20(24)19-15-9-18(28-3)17(27-2)8-14(15)16(10-22-19)21(25)26/h4-11,23H,1-3H3,(H,25,26). The van der Waals surface area contributed by atoms with Gasteiger partial charge in [0.05, 0.1) is 19.8 Å². The van der Waals surface area contributed by atoms with Crippen molar-refractivity contribution in [3.8, 4) is 17.2 Å². The minimum absolute atomic E-state index is 0.0557. The van der Waals surface area contributed by atoms with Crippen molar-refractivity contribution in [1.82, 2.24) is 4.98 Å². The highest BCUT2D eigenvalue weighted by molar-refractivity contribution is 6.18. The zero-order valence-electron chi connectivity index (χ0n) is 16.0. The largest absolute Gasteiger partial charge is 0.493 e. The number of methoxy groups -OCH3 is 2. The van der Waals surface area contributed by atoms with Crippen LogP contribution in [0.4, 0.5) is 0 Å². The van der Waals surface area contributed by atoms with E-state index in [9.17, 15) is 19.8 Å². The van der Waals surface area contributed by atoms with Gasteiger partial charge in [0.1, 0.15) is 11.4 Å². The lowest BCUT2D eigenvalue weighted by Gasteiger charge is -2.13. The minimum Gasteiger partial charge on any atom is -0.493 e. The summed E-state index contributed by atoms with van der Waals surface area (Å²) in [6.07, 6.45) is 0.103. The second-order valence-electron chi connectivity index (χ2n) is 6.15. The first kappa shape index (κ1) is 20.1. The van der Waals surface area contributed by atoms with Crippen molar-refractivity contribution < 1.29 is 34.0 Å². The number of pyridine rings is 1. The Morgan fingerprint density at radius 1 is 1.03 bits per heavy atom.